The number of methoxy groups -OCH3 is 1. The molecule has 0 aromatic heterocycles. The second kappa shape index (κ2) is 10.2. The molecule has 0 atom stereocenters. The first-order chi connectivity index (χ1) is 14.6. The van der Waals surface area contributed by atoms with Gasteiger partial charge in [0.25, 0.3) is 10.0 Å². The molecule has 0 saturated carbocycles. The lowest BCUT2D eigenvalue weighted by atomic mass is 10.2. The smallest absolute Gasteiger partial charge is 0.411 e. The largest absolute Gasteiger partial charge is 0.478 e. The van der Waals surface area contributed by atoms with Crippen molar-refractivity contribution in [1.29, 1.82) is 0 Å². The number of hydrazine groups is 1. The number of ether oxygens (including phenoxy) is 1. The molecular weight excluding hydrogens is 432 g/mol. The summed E-state index contributed by atoms with van der Waals surface area (Å²) < 4.78 is 28.9. The molecule has 0 fully saturated rings. The molecule has 0 aliphatic rings. The van der Waals surface area contributed by atoms with Crippen LogP contribution >= 0.6 is 0 Å². The van der Waals surface area contributed by atoms with Crippen LogP contribution in [0.4, 0.5) is 16.2 Å². The van der Waals surface area contributed by atoms with Crippen molar-refractivity contribution in [2.75, 3.05) is 17.7 Å². The number of anilines is 2. The zero-order chi connectivity index (χ0) is 23.0. The summed E-state index contributed by atoms with van der Waals surface area (Å²) in [7, 11) is -2.98. The molecule has 0 spiro atoms. The third-order valence-corrected chi connectivity index (χ3v) is 4.94. The van der Waals surface area contributed by atoms with Crippen molar-refractivity contribution in [1.82, 2.24) is 10.3 Å². The third-order valence-electron chi connectivity index (χ3n) is 3.67. The summed E-state index contributed by atoms with van der Waals surface area (Å²) in [6.45, 7) is 0. The van der Waals surface area contributed by atoms with E-state index in [1.165, 1.54) is 55.6 Å². The number of carboxylic acid groups (broad SMARTS) is 1. The van der Waals surface area contributed by atoms with Crippen LogP contribution in [-0.2, 0) is 24.3 Å². The highest BCUT2D eigenvalue weighted by atomic mass is 32.2. The SMILES string of the molecule is COC(=O)Nc1ccc(S(=O)(=O)NNC(=O)CC(=O)Nc2ccccc2C(=O)O)cc1. The lowest BCUT2D eigenvalue weighted by molar-refractivity contribution is -0.127. The molecule has 2 aromatic rings. The maximum absolute atomic E-state index is 12.2. The molecule has 0 bridgehead atoms. The zero-order valence-electron chi connectivity index (χ0n) is 16.0. The van der Waals surface area contributed by atoms with Crippen molar-refractivity contribution < 1.29 is 37.4 Å². The maximum Gasteiger partial charge on any atom is 0.411 e. The van der Waals surface area contributed by atoms with Crippen LogP contribution in [0.2, 0.25) is 0 Å². The molecule has 13 heteroatoms. The fraction of sp³-hybridized carbons (Fsp3) is 0.111. The van der Waals surface area contributed by atoms with Crippen molar-refractivity contribution in [2.45, 2.75) is 11.3 Å². The minimum absolute atomic E-state index is 0.00552. The molecule has 5 N–H and O–H groups in total. The summed E-state index contributed by atoms with van der Waals surface area (Å²) >= 11 is 0. The van der Waals surface area contributed by atoms with Gasteiger partial charge in [0.2, 0.25) is 11.8 Å². The van der Waals surface area contributed by atoms with Gasteiger partial charge >= 0.3 is 12.1 Å². The second-order valence-corrected chi connectivity index (χ2v) is 7.55. The molecule has 0 radical (unpaired) electrons. The summed E-state index contributed by atoms with van der Waals surface area (Å²) in [5, 5.41) is 13.7. The van der Waals surface area contributed by atoms with Gasteiger partial charge in [-0.05, 0) is 36.4 Å². The zero-order valence-corrected chi connectivity index (χ0v) is 16.9. The van der Waals surface area contributed by atoms with Crippen LogP contribution in [0.3, 0.4) is 0 Å². The Morgan fingerprint density at radius 1 is 0.935 bits per heavy atom. The van der Waals surface area contributed by atoms with Gasteiger partial charge in [0, 0.05) is 5.69 Å². The average molecular weight is 450 g/mol. The van der Waals surface area contributed by atoms with E-state index in [9.17, 15) is 27.6 Å². The number of para-hydroxylation sites is 1. The molecule has 0 aliphatic heterocycles. The Morgan fingerprint density at radius 3 is 2.19 bits per heavy atom. The first kappa shape index (κ1) is 23.3. The number of aromatic carboxylic acids is 1. The van der Waals surface area contributed by atoms with Crippen molar-refractivity contribution >= 4 is 45.3 Å². The van der Waals surface area contributed by atoms with E-state index in [1.807, 2.05) is 10.3 Å². The molecule has 3 amide bonds. The Morgan fingerprint density at radius 2 is 1.58 bits per heavy atom. The molecule has 2 rings (SSSR count). The number of carbonyl (C=O) groups is 4. The predicted molar refractivity (Wildman–Crippen MR) is 108 cm³/mol. The molecule has 2 aromatic carbocycles. The van der Waals surface area contributed by atoms with Gasteiger partial charge in [0.15, 0.2) is 0 Å². The predicted octanol–water partition coefficient (Wildman–Crippen LogP) is 0.901. The van der Waals surface area contributed by atoms with E-state index in [2.05, 4.69) is 15.4 Å². The number of carbonyl (C=O) groups excluding carboxylic acids is 3. The number of hydrogen-bond donors (Lipinski definition) is 5. The minimum atomic E-state index is -4.15. The molecule has 164 valence electrons. The lowest BCUT2D eigenvalue weighted by Crippen LogP contribution is -2.42. The van der Waals surface area contributed by atoms with Crippen molar-refractivity contribution in [3.63, 3.8) is 0 Å². The molecular formula is C18H18N4O8S. The fourth-order valence-electron chi connectivity index (χ4n) is 2.23. The summed E-state index contributed by atoms with van der Waals surface area (Å²) in [6.07, 6.45) is -1.50. The van der Waals surface area contributed by atoms with Crippen molar-refractivity contribution in [2.24, 2.45) is 0 Å². The third kappa shape index (κ3) is 6.80. The van der Waals surface area contributed by atoms with Gasteiger partial charge < -0.3 is 15.2 Å². The Bertz CT molecular complexity index is 1100. The standard InChI is InChI=1S/C18H18N4O8S/c1-30-18(27)19-11-6-8-12(9-7-11)31(28,29)22-21-16(24)10-15(23)20-14-5-3-2-4-13(14)17(25)26/h2-9,22H,10H2,1H3,(H,19,27)(H,20,23)(H,21,24)(H,25,26). The highest BCUT2D eigenvalue weighted by Crippen LogP contribution is 2.15. The molecule has 31 heavy (non-hydrogen) atoms. The number of rotatable bonds is 8. The van der Waals surface area contributed by atoms with E-state index >= 15 is 0 Å². The van der Waals surface area contributed by atoms with Crippen LogP contribution in [0.15, 0.2) is 53.4 Å². The van der Waals surface area contributed by atoms with Gasteiger partial charge in [-0.25, -0.2) is 18.0 Å². The maximum atomic E-state index is 12.2. The van der Waals surface area contributed by atoms with E-state index in [0.717, 1.165) is 0 Å². The number of benzene rings is 2. The van der Waals surface area contributed by atoms with Gasteiger partial charge in [-0.1, -0.05) is 12.1 Å². The fourth-order valence-corrected chi connectivity index (χ4v) is 3.09. The molecule has 12 nitrogen and oxygen atoms in total. The van der Waals surface area contributed by atoms with Crippen LogP contribution in [-0.4, -0.2) is 44.5 Å². The number of carboxylic acids is 1. The van der Waals surface area contributed by atoms with Crippen molar-refractivity contribution in [3.05, 3.63) is 54.1 Å². The van der Waals surface area contributed by atoms with Gasteiger partial charge in [-0.15, -0.1) is 4.83 Å². The Hall–Kier alpha value is -3.97. The molecule has 0 saturated heterocycles. The topological polar surface area (TPSA) is 180 Å². The van der Waals surface area contributed by atoms with E-state index in [-0.39, 0.29) is 21.8 Å². The number of hydrogen-bond acceptors (Lipinski definition) is 7. The van der Waals surface area contributed by atoms with Crippen LogP contribution in [0, 0.1) is 0 Å². The number of sulfonamides is 1. The number of amides is 3. The summed E-state index contributed by atoms with van der Waals surface area (Å²) in [5.41, 5.74) is 2.00. The normalized spacial score (nSPS) is 10.6. The quantitative estimate of drug-likeness (QED) is 0.290. The van der Waals surface area contributed by atoms with E-state index in [0.29, 0.717) is 0 Å². The van der Waals surface area contributed by atoms with Gasteiger partial charge in [-0.3, -0.25) is 20.3 Å². The summed E-state index contributed by atoms with van der Waals surface area (Å²) in [4.78, 5) is 47.7. The van der Waals surface area contributed by atoms with Crippen molar-refractivity contribution in [3.8, 4) is 0 Å². The van der Waals surface area contributed by atoms with Gasteiger partial charge in [-0.2, -0.15) is 0 Å². The van der Waals surface area contributed by atoms with Crippen LogP contribution in [0.25, 0.3) is 0 Å². The van der Waals surface area contributed by atoms with Crippen LogP contribution in [0.5, 0.6) is 0 Å². The Balaban J connectivity index is 1.92. The van der Waals surface area contributed by atoms with E-state index in [1.54, 1.807) is 0 Å². The van der Waals surface area contributed by atoms with E-state index < -0.39 is 40.3 Å². The minimum Gasteiger partial charge on any atom is -0.478 e. The monoisotopic (exact) mass is 450 g/mol. The Labute approximate surface area is 176 Å². The number of nitrogens with one attached hydrogen (secondary N) is 4. The Kier molecular flexibility index (Phi) is 7.65. The molecule has 0 heterocycles. The second-order valence-electron chi connectivity index (χ2n) is 5.87. The van der Waals surface area contributed by atoms with Gasteiger partial charge in [0.05, 0.1) is 23.3 Å². The first-order valence-corrected chi connectivity index (χ1v) is 9.98. The van der Waals surface area contributed by atoms with Crippen LogP contribution in [0.1, 0.15) is 16.8 Å². The van der Waals surface area contributed by atoms with Gasteiger partial charge in [0.1, 0.15) is 6.42 Å². The van der Waals surface area contributed by atoms with E-state index in [4.69, 9.17) is 5.11 Å². The summed E-state index contributed by atoms with van der Waals surface area (Å²) in [6, 6.07) is 10.6. The lowest BCUT2D eigenvalue weighted by Gasteiger charge is -2.10. The summed E-state index contributed by atoms with van der Waals surface area (Å²) in [5.74, 6) is -3.08. The first-order valence-electron chi connectivity index (χ1n) is 8.50. The highest BCUT2D eigenvalue weighted by molar-refractivity contribution is 7.89. The highest BCUT2D eigenvalue weighted by Gasteiger charge is 2.18. The molecule has 0 unspecified atom stereocenters. The molecule has 0 aliphatic carbocycles. The average Bonchev–Trinajstić information content (AvgIpc) is 2.72. The van der Waals surface area contributed by atoms with Crippen LogP contribution < -0.4 is 20.9 Å².